The van der Waals surface area contributed by atoms with Crippen LogP contribution in [0, 0.1) is 6.92 Å². The van der Waals surface area contributed by atoms with Crippen molar-refractivity contribution in [1.82, 2.24) is 25.4 Å². The zero-order valence-electron chi connectivity index (χ0n) is 18.3. The van der Waals surface area contributed by atoms with E-state index in [1.54, 1.807) is 19.1 Å². The van der Waals surface area contributed by atoms with Gasteiger partial charge < -0.3 is 19.9 Å². The Kier molecular flexibility index (Phi) is 10.0. The number of aryl methyl sites for hydroxylation is 2. The van der Waals surface area contributed by atoms with Crippen LogP contribution in [0.4, 0.5) is 13.2 Å². The van der Waals surface area contributed by atoms with Gasteiger partial charge in [0.2, 0.25) is 0 Å². The van der Waals surface area contributed by atoms with E-state index in [2.05, 4.69) is 30.4 Å². The second-order valence-corrected chi connectivity index (χ2v) is 7.56. The van der Waals surface area contributed by atoms with Crippen molar-refractivity contribution < 1.29 is 17.9 Å². The van der Waals surface area contributed by atoms with Crippen LogP contribution in [0.3, 0.4) is 0 Å². The summed E-state index contributed by atoms with van der Waals surface area (Å²) >= 11 is 0. The van der Waals surface area contributed by atoms with Gasteiger partial charge in [0.25, 0.3) is 0 Å². The van der Waals surface area contributed by atoms with Crippen LogP contribution in [-0.4, -0.2) is 40.1 Å². The van der Waals surface area contributed by atoms with E-state index in [1.165, 1.54) is 6.42 Å². The van der Waals surface area contributed by atoms with Crippen LogP contribution in [-0.2, 0) is 26.1 Å². The number of nitrogens with one attached hydrogen (secondary N) is 2. The number of ether oxygens (including phenoxy) is 1. The largest absolute Gasteiger partial charge is 0.484 e. The van der Waals surface area contributed by atoms with Gasteiger partial charge in [0.05, 0.1) is 13.1 Å². The number of guanidine groups is 1. The molecule has 1 aliphatic heterocycles. The maximum Gasteiger partial charge on any atom is 0.422 e. The Hall–Kier alpha value is -2.05. The molecule has 0 fully saturated rings. The number of rotatable bonds is 7. The van der Waals surface area contributed by atoms with Crippen LogP contribution in [0.1, 0.15) is 49.0 Å². The molecule has 0 saturated carbocycles. The van der Waals surface area contributed by atoms with Gasteiger partial charge >= 0.3 is 6.18 Å². The molecule has 0 atom stereocenters. The van der Waals surface area contributed by atoms with Crippen molar-refractivity contribution in [2.75, 3.05) is 13.2 Å². The normalized spacial score (nSPS) is 14.2. The molecule has 0 amide bonds. The number of fused-ring (bicyclic) bond motifs is 1. The Morgan fingerprint density at radius 1 is 1.19 bits per heavy atom. The van der Waals surface area contributed by atoms with Gasteiger partial charge in [-0.1, -0.05) is 18.6 Å². The third-order valence-corrected chi connectivity index (χ3v) is 4.97. The highest BCUT2D eigenvalue weighted by Gasteiger charge is 2.28. The number of nitrogens with zero attached hydrogens (tertiary/aromatic N) is 4. The lowest BCUT2D eigenvalue weighted by Gasteiger charge is -2.15. The third kappa shape index (κ3) is 7.82. The topological polar surface area (TPSA) is 76.4 Å². The van der Waals surface area contributed by atoms with E-state index in [0.717, 1.165) is 43.0 Å². The molecule has 2 N–H and O–H groups in total. The van der Waals surface area contributed by atoms with Crippen molar-refractivity contribution in [3.05, 3.63) is 41.0 Å². The molecule has 0 radical (unpaired) electrons. The Bertz CT molecular complexity index is 900. The first-order valence-electron chi connectivity index (χ1n) is 10.6. The van der Waals surface area contributed by atoms with Crippen molar-refractivity contribution in [2.45, 2.75) is 65.3 Å². The molecule has 2 heterocycles. The molecule has 2 aromatic rings. The Morgan fingerprint density at radius 3 is 2.75 bits per heavy atom. The lowest BCUT2D eigenvalue weighted by molar-refractivity contribution is -0.153. The highest BCUT2D eigenvalue weighted by molar-refractivity contribution is 14.0. The molecule has 1 aromatic carbocycles. The minimum absolute atomic E-state index is 0. The minimum atomic E-state index is -4.39. The molecule has 0 aliphatic carbocycles. The molecule has 0 spiro atoms. The molecule has 7 nitrogen and oxygen atoms in total. The molecule has 0 saturated heterocycles. The van der Waals surface area contributed by atoms with E-state index in [1.807, 2.05) is 13.0 Å². The first-order chi connectivity index (χ1) is 14.9. The van der Waals surface area contributed by atoms with Gasteiger partial charge in [0.15, 0.2) is 18.4 Å². The van der Waals surface area contributed by atoms with Crippen LogP contribution < -0.4 is 15.4 Å². The first kappa shape index (κ1) is 26.2. The highest BCUT2D eigenvalue weighted by Crippen LogP contribution is 2.24. The van der Waals surface area contributed by atoms with Gasteiger partial charge in [-0.2, -0.15) is 13.2 Å². The molecule has 11 heteroatoms. The maximum atomic E-state index is 12.6. The first-order valence-corrected chi connectivity index (χ1v) is 10.6. The molecule has 1 aliphatic rings. The zero-order valence-corrected chi connectivity index (χ0v) is 20.7. The summed E-state index contributed by atoms with van der Waals surface area (Å²) in [5, 5.41) is 15.0. The van der Waals surface area contributed by atoms with Crippen LogP contribution in [0.15, 0.2) is 23.2 Å². The molecule has 178 valence electrons. The van der Waals surface area contributed by atoms with E-state index in [-0.39, 0.29) is 36.3 Å². The summed E-state index contributed by atoms with van der Waals surface area (Å²) in [6, 6.07) is 5.17. The third-order valence-electron chi connectivity index (χ3n) is 4.97. The number of hydrogen-bond acceptors (Lipinski definition) is 4. The lowest BCUT2D eigenvalue weighted by Crippen LogP contribution is -2.37. The fourth-order valence-electron chi connectivity index (χ4n) is 3.43. The van der Waals surface area contributed by atoms with Crippen LogP contribution in [0.2, 0.25) is 0 Å². The Labute approximate surface area is 203 Å². The number of alkyl halides is 3. The maximum absolute atomic E-state index is 12.6. The average Bonchev–Trinajstić information content (AvgIpc) is 2.95. The average molecular weight is 566 g/mol. The molecule has 0 unspecified atom stereocenters. The number of halogens is 4. The Morgan fingerprint density at radius 2 is 2.00 bits per heavy atom. The lowest BCUT2D eigenvalue weighted by atomic mass is 10.1. The van der Waals surface area contributed by atoms with Crippen molar-refractivity contribution in [3.63, 3.8) is 0 Å². The molecular formula is C21H30F3IN6O. The second kappa shape index (κ2) is 12.3. The summed E-state index contributed by atoms with van der Waals surface area (Å²) in [6.45, 7) is 4.63. The van der Waals surface area contributed by atoms with Crippen LogP contribution in [0.25, 0.3) is 0 Å². The molecule has 0 bridgehead atoms. The molecule has 32 heavy (non-hydrogen) atoms. The molecule has 1 aromatic heterocycles. The van der Waals surface area contributed by atoms with Gasteiger partial charge in [0.1, 0.15) is 11.6 Å². The van der Waals surface area contributed by atoms with Crippen LogP contribution >= 0.6 is 24.0 Å². The van der Waals surface area contributed by atoms with Gasteiger partial charge in [-0.25, -0.2) is 4.99 Å². The van der Waals surface area contributed by atoms with E-state index in [4.69, 9.17) is 4.74 Å². The predicted molar refractivity (Wildman–Crippen MR) is 127 cm³/mol. The number of hydrogen-bond donors (Lipinski definition) is 2. The summed E-state index contributed by atoms with van der Waals surface area (Å²) < 4.78 is 44.9. The summed E-state index contributed by atoms with van der Waals surface area (Å²) in [6.07, 6.45) is -0.0206. The standard InChI is InChI=1S/C21H29F3N6O.HI/c1-3-25-20(27-13-19-29-28-18-7-5-4-6-10-30(18)19)26-12-16-9-8-15(2)11-17(16)31-14-21(22,23)24;/h8-9,11H,3-7,10,12-14H2,1-2H3,(H2,25,26,27);1H. The van der Waals surface area contributed by atoms with Crippen molar-refractivity contribution in [2.24, 2.45) is 4.99 Å². The molecular weight excluding hydrogens is 536 g/mol. The number of benzene rings is 1. The van der Waals surface area contributed by atoms with E-state index < -0.39 is 12.8 Å². The van der Waals surface area contributed by atoms with E-state index in [9.17, 15) is 13.2 Å². The van der Waals surface area contributed by atoms with Crippen molar-refractivity contribution >= 4 is 29.9 Å². The smallest absolute Gasteiger partial charge is 0.422 e. The second-order valence-electron chi connectivity index (χ2n) is 7.56. The van der Waals surface area contributed by atoms with Gasteiger partial charge in [0, 0.05) is 25.1 Å². The summed E-state index contributed by atoms with van der Waals surface area (Å²) in [7, 11) is 0. The zero-order chi connectivity index (χ0) is 22.3. The van der Waals surface area contributed by atoms with E-state index in [0.29, 0.717) is 24.6 Å². The van der Waals surface area contributed by atoms with Gasteiger partial charge in [-0.05, 0) is 38.3 Å². The summed E-state index contributed by atoms with van der Waals surface area (Å²) in [5.74, 6) is 2.62. The molecule has 3 rings (SSSR count). The fourth-order valence-corrected chi connectivity index (χ4v) is 3.43. The van der Waals surface area contributed by atoms with Crippen molar-refractivity contribution in [1.29, 1.82) is 0 Å². The Balaban J connectivity index is 0.00000363. The highest BCUT2D eigenvalue weighted by atomic mass is 127. The number of aromatic nitrogens is 3. The minimum Gasteiger partial charge on any atom is -0.484 e. The quantitative estimate of drug-likeness (QED) is 0.300. The number of aliphatic imine (C=N–C) groups is 1. The van der Waals surface area contributed by atoms with E-state index >= 15 is 0 Å². The van der Waals surface area contributed by atoms with Gasteiger partial charge in [-0.3, -0.25) is 0 Å². The fraction of sp³-hybridized carbons (Fsp3) is 0.571. The van der Waals surface area contributed by atoms with Crippen LogP contribution in [0.5, 0.6) is 5.75 Å². The summed E-state index contributed by atoms with van der Waals surface area (Å²) in [5.41, 5.74) is 1.41. The predicted octanol–water partition coefficient (Wildman–Crippen LogP) is 4.13. The van der Waals surface area contributed by atoms with Gasteiger partial charge in [-0.15, -0.1) is 34.2 Å². The monoisotopic (exact) mass is 566 g/mol. The van der Waals surface area contributed by atoms with Crippen molar-refractivity contribution in [3.8, 4) is 5.75 Å². The SMILES string of the molecule is CCNC(=NCc1ccc(C)cc1OCC(F)(F)F)NCc1nnc2n1CCCCC2.I. The summed E-state index contributed by atoms with van der Waals surface area (Å²) in [4.78, 5) is 4.52.